The molecule has 0 aromatic heterocycles. The third-order valence-corrected chi connectivity index (χ3v) is 1.88. The van der Waals surface area contributed by atoms with Crippen molar-refractivity contribution in [3.63, 3.8) is 0 Å². The molecule has 5 heteroatoms. The normalized spacial score (nSPS) is 14.5. The Morgan fingerprint density at radius 3 is 2.43 bits per heavy atom. The Morgan fingerprint density at radius 1 is 1.50 bits per heavy atom. The van der Waals surface area contributed by atoms with Gasteiger partial charge in [-0.25, -0.2) is 0 Å². The highest BCUT2D eigenvalue weighted by molar-refractivity contribution is 5.78. The summed E-state index contributed by atoms with van der Waals surface area (Å²) in [5.41, 5.74) is 0. The van der Waals surface area contributed by atoms with Gasteiger partial charge in [-0.2, -0.15) is 0 Å². The molecule has 0 aliphatic heterocycles. The van der Waals surface area contributed by atoms with E-state index in [-0.39, 0.29) is 0 Å². The first-order valence-corrected chi connectivity index (χ1v) is 4.59. The van der Waals surface area contributed by atoms with E-state index >= 15 is 0 Å². The maximum atomic E-state index is 11.2. The van der Waals surface area contributed by atoms with Crippen molar-refractivity contribution in [3.8, 4) is 0 Å². The summed E-state index contributed by atoms with van der Waals surface area (Å²) in [5, 5.41) is 11.3. The first kappa shape index (κ1) is 12.9. The predicted molar refractivity (Wildman–Crippen MR) is 50.9 cm³/mol. The highest BCUT2D eigenvalue weighted by atomic mass is 16.5. The monoisotopic (exact) mass is 203 g/mol. The Labute approximate surface area is 83.4 Å². The molecule has 0 unspecified atom stereocenters. The quantitative estimate of drug-likeness (QED) is 0.611. The van der Waals surface area contributed by atoms with Gasteiger partial charge in [-0.1, -0.05) is 13.3 Å². The Hall–Kier alpha value is -1.10. The van der Waals surface area contributed by atoms with Crippen LogP contribution in [0.15, 0.2) is 0 Å². The lowest BCUT2D eigenvalue weighted by molar-refractivity contribution is -0.144. The minimum absolute atomic E-state index is 0.417. The molecule has 14 heavy (non-hydrogen) atoms. The Kier molecular flexibility index (Phi) is 5.87. The van der Waals surface area contributed by atoms with Crippen LogP contribution in [0.3, 0.4) is 0 Å². The van der Waals surface area contributed by atoms with Crippen LogP contribution in [0.5, 0.6) is 0 Å². The third kappa shape index (κ3) is 4.23. The van der Waals surface area contributed by atoms with Crippen molar-refractivity contribution in [2.75, 3.05) is 7.11 Å². The molecule has 0 amide bonds. The van der Waals surface area contributed by atoms with Gasteiger partial charge < -0.3 is 9.84 Å². The van der Waals surface area contributed by atoms with Crippen LogP contribution >= 0.6 is 0 Å². The van der Waals surface area contributed by atoms with Crippen LogP contribution in [0.4, 0.5) is 0 Å². The van der Waals surface area contributed by atoms with Crippen molar-refractivity contribution in [2.45, 2.75) is 38.8 Å². The second-order valence-corrected chi connectivity index (χ2v) is 3.09. The van der Waals surface area contributed by atoms with Crippen LogP contribution in [0.2, 0.25) is 0 Å². The maximum absolute atomic E-state index is 11.2. The molecule has 0 radical (unpaired) electrons. The zero-order chi connectivity index (χ0) is 11.1. The first-order valence-electron chi connectivity index (χ1n) is 4.59. The molecular weight excluding hydrogens is 186 g/mol. The van der Waals surface area contributed by atoms with Gasteiger partial charge in [0, 0.05) is 0 Å². The van der Waals surface area contributed by atoms with E-state index in [1.165, 1.54) is 14.0 Å². The van der Waals surface area contributed by atoms with E-state index in [2.05, 4.69) is 10.1 Å². The van der Waals surface area contributed by atoms with Gasteiger partial charge in [-0.05, 0) is 13.3 Å². The molecule has 0 rings (SSSR count). The topological polar surface area (TPSA) is 75.6 Å². The van der Waals surface area contributed by atoms with Crippen molar-refractivity contribution in [1.29, 1.82) is 0 Å². The van der Waals surface area contributed by atoms with E-state index in [9.17, 15) is 9.59 Å². The van der Waals surface area contributed by atoms with Crippen molar-refractivity contribution < 1.29 is 19.4 Å². The Bertz CT molecular complexity index is 205. The average molecular weight is 203 g/mol. The second kappa shape index (κ2) is 6.37. The first-order chi connectivity index (χ1) is 6.52. The molecule has 0 aromatic carbocycles. The van der Waals surface area contributed by atoms with Gasteiger partial charge in [-0.15, -0.1) is 0 Å². The van der Waals surface area contributed by atoms with Crippen LogP contribution < -0.4 is 5.32 Å². The number of ether oxygens (including phenoxy) is 1. The third-order valence-electron chi connectivity index (χ3n) is 1.88. The molecule has 5 nitrogen and oxygen atoms in total. The van der Waals surface area contributed by atoms with Gasteiger partial charge in [0.1, 0.15) is 12.1 Å². The number of aliphatic carboxylic acids is 1. The molecule has 82 valence electrons. The van der Waals surface area contributed by atoms with E-state index < -0.39 is 24.0 Å². The van der Waals surface area contributed by atoms with Crippen molar-refractivity contribution in [3.05, 3.63) is 0 Å². The molecule has 0 saturated carbocycles. The van der Waals surface area contributed by atoms with E-state index in [1.54, 1.807) is 0 Å². The molecule has 0 spiro atoms. The van der Waals surface area contributed by atoms with E-state index in [1.807, 2.05) is 6.92 Å². The smallest absolute Gasteiger partial charge is 0.322 e. The van der Waals surface area contributed by atoms with Crippen molar-refractivity contribution in [2.24, 2.45) is 0 Å². The zero-order valence-electron chi connectivity index (χ0n) is 8.74. The summed E-state index contributed by atoms with van der Waals surface area (Å²) in [6.45, 7) is 3.41. The number of carboxylic acid groups (broad SMARTS) is 1. The molecule has 0 saturated heterocycles. The summed E-state index contributed by atoms with van der Waals surface area (Å²) < 4.78 is 4.55. The fraction of sp³-hybridized carbons (Fsp3) is 0.778. The molecule has 0 bridgehead atoms. The molecule has 0 fully saturated rings. The van der Waals surface area contributed by atoms with Gasteiger partial charge in [0.2, 0.25) is 0 Å². The summed E-state index contributed by atoms with van der Waals surface area (Å²) in [7, 11) is 1.29. The summed E-state index contributed by atoms with van der Waals surface area (Å²) in [5.74, 6) is -1.39. The van der Waals surface area contributed by atoms with Gasteiger partial charge >= 0.3 is 11.9 Å². The fourth-order valence-corrected chi connectivity index (χ4v) is 1.07. The number of carbonyl (C=O) groups is 2. The maximum Gasteiger partial charge on any atom is 0.322 e. The highest BCUT2D eigenvalue weighted by Gasteiger charge is 2.22. The summed E-state index contributed by atoms with van der Waals surface area (Å²) in [6.07, 6.45) is 1.36. The molecule has 0 heterocycles. The number of hydrogen-bond donors (Lipinski definition) is 2. The lowest BCUT2D eigenvalue weighted by atomic mass is 10.1. The van der Waals surface area contributed by atoms with E-state index in [0.29, 0.717) is 6.42 Å². The zero-order valence-corrected chi connectivity index (χ0v) is 8.74. The Morgan fingerprint density at radius 2 is 2.07 bits per heavy atom. The lowest BCUT2D eigenvalue weighted by Crippen LogP contribution is -2.46. The summed E-state index contributed by atoms with van der Waals surface area (Å²) in [6, 6.07) is -1.28. The number of nitrogens with one attached hydrogen (secondary N) is 1. The molecule has 0 aromatic rings. The fourth-order valence-electron chi connectivity index (χ4n) is 1.07. The van der Waals surface area contributed by atoms with Crippen molar-refractivity contribution >= 4 is 11.9 Å². The largest absolute Gasteiger partial charge is 0.480 e. The van der Waals surface area contributed by atoms with E-state index in [0.717, 1.165) is 6.42 Å². The second-order valence-electron chi connectivity index (χ2n) is 3.09. The van der Waals surface area contributed by atoms with Gasteiger partial charge in [-0.3, -0.25) is 14.9 Å². The predicted octanol–water partition coefficient (Wildman–Crippen LogP) is 0.391. The number of rotatable bonds is 6. The lowest BCUT2D eigenvalue weighted by Gasteiger charge is -2.18. The Balaban J connectivity index is 4.21. The molecular formula is C9H17NO4. The van der Waals surface area contributed by atoms with Crippen LogP contribution in [-0.4, -0.2) is 36.2 Å². The minimum atomic E-state index is -0.977. The SMILES string of the molecule is CCC[C@H](N[C@@H](C)C(=O)O)C(=O)OC. The van der Waals surface area contributed by atoms with Crippen molar-refractivity contribution in [1.82, 2.24) is 5.32 Å². The van der Waals surface area contributed by atoms with E-state index in [4.69, 9.17) is 5.11 Å². The van der Waals surface area contributed by atoms with Crippen LogP contribution in [0.1, 0.15) is 26.7 Å². The number of esters is 1. The average Bonchev–Trinajstić information content (AvgIpc) is 2.15. The minimum Gasteiger partial charge on any atom is -0.480 e. The number of carbonyl (C=O) groups excluding carboxylic acids is 1. The van der Waals surface area contributed by atoms with Gasteiger partial charge in [0.05, 0.1) is 7.11 Å². The van der Waals surface area contributed by atoms with Gasteiger partial charge in [0.25, 0.3) is 0 Å². The van der Waals surface area contributed by atoms with Crippen LogP contribution in [0, 0.1) is 0 Å². The highest BCUT2D eigenvalue weighted by Crippen LogP contribution is 2.00. The molecule has 2 N–H and O–H groups in total. The number of methoxy groups -OCH3 is 1. The summed E-state index contributed by atoms with van der Waals surface area (Å²) >= 11 is 0. The number of hydrogen-bond acceptors (Lipinski definition) is 4. The van der Waals surface area contributed by atoms with Crippen LogP contribution in [-0.2, 0) is 14.3 Å². The molecule has 0 aliphatic carbocycles. The summed E-state index contributed by atoms with van der Waals surface area (Å²) in [4.78, 5) is 21.7. The molecule has 2 atom stereocenters. The van der Waals surface area contributed by atoms with Gasteiger partial charge in [0.15, 0.2) is 0 Å². The number of carboxylic acids is 1. The molecule has 0 aliphatic rings. The van der Waals surface area contributed by atoms with Crippen LogP contribution in [0.25, 0.3) is 0 Å². The standard InChI is InChI=1S/C9H17NO4/c1-4-5-7(9(13)14-3)10-6(2)8(11)12/h6-7,10H,4-5H2,1-3H3,(H,11,12)/t6-,7-/m0/s1.